The zero-order chi connectivity index (χ0) is 49.3. The Morgan fingerprint density at radius 1 is 0.873 bits per heavy atom. The number of nitriles is 1. The van der Waals surface area contributed by atoms with E-state index in [1.807, 2.05) is 70.4 Å². The second-order valence-electron chi connectivity index (χ2n) is 19.3. The number of piperidine rings is 4. The SMILES string of the molecule is CCC1(C(=O)Nc2ccccc2)CCN(c2ccc(-c3nc(-c4cnn(C5CCN(C(=O)CC6(O)CCN(c7ccc(NC8CCC(=O)NC8=O)cc7Cl)CC6)CC5)c4)cn4ncc(C#N)c34)cn2)CC1. The second kappa shape index (κ2) is 19.8. The first-order chi connectivity index (χ1) is 34.4. The number of fused-ring (bicyclic) bond motifs is 1. The topological polar surface area (TPSA) is 219 Å². The summed E-state index contributed by atoms with van der Waals surface area (Å²) in [5.74, 6) is 0.174. The molecule has 6 aromatic rings. The Morgan fingerprint density at radius 3 is 2.32 bits per heavy atom. The molecule has 0 spiro atoms. The van der Waals surface area contributed by atoms with Gasteiger partial charge >= 0.3 is 0 Å². The fraction of sp³-hybridized carbons (Fsp3) is 0.404. The second-order valence-corrected chi connectivity index (χ2v) is 19.7. The van der Waals surface area contributed by atoms with E-state index >= 15 is 0 Å². The molecule has 4 N–H and O–H groups in total. The molecule has 1 unspecified atom stereocenters. The van der Waals surface area contributed by atoms with Gasteiger partial charge in [-0.1, -0.05) is 36.7 Å². The minimum atomic E-state index is -1.13. The zero-order valence-corrected chi connectivity index (χ0v) is 40.3. The lowest BCUT2D eigenvalue weighted by molar-refractivity contribution is -0.139. The third-order valence-electron chi connectivity index (χ3n) is 15.0. The standard InChI is InChI=1S/C52H56ClN13O5/c1-2-51(50(70)59-37-6-4-3-5-7-37)16-22-63(23-17-51)44-12-8-34(29-55-44)47-48-35(28-54)30-57-66(48)33-42(60-47)36-31-56-65(32-36)39-14-20-64(21-15-39)46(68)27-52(71)18-24-62(25-19-52)43-11-9-38(26-40(43)53)58-41-10-13-45(67)61-49(41)69/h3-9,11-12,26,29-33,39,41,58,71H,2,10,13-25,27H2,1H3,(H,59,70)(H,61,67,69). The van der Waals surface area contributed by atoms with Gasteiger partial charge in [-0.05, 0) is 93.8 Å². The molecule has 2 aromatic carbocycles. The number of nitrogens with one attached hydrogen (secondary N) is 3. The number of carbonyl (C=O) groups excluding carboxylic acids is 4. The van der Waals surface area contributed by atoms with Crippen molar-refractivity contribution in [1.82, 2.24) is 39.6 Å². The quantitative estimate of drug-likeness (QED) is 0.0950. The number of rotatable bonds is 12. The minimum absolute atomic E-state index is 0.0448. The maximum absolute atomic E-state index is 13.6. The van der Waals surface area contributed by atoms with E-state index in [4.69, 9.17) is 26.7 Å². The molecule has 0 bridgehead atoms. The molecule has 19 heteroatoms. The van der Waals surface area contributed by atoms with Crippen LogP contribution in [0.15, 0.2) is 91.6 Å². The van der Waals surface area contributed by atoms with Crippen molar-refractivity contribution in [2.45, 2.75) is 88.8 Å². The molecule has 366 valence electrons. The number of pyridine rings is 1. The van der Waals surface area contributed by atoms with Crippen molar-refractivity contribution in [2.24, 2.45) is 5.41 Å². The fourth-order valence-electron chi connectivity index (χ4n) is 10.5. The number of anilines is 4. The van der Waals surface area contributed by atoms with Gasteiger partial charge < -0.3 is 30.4 Å². The monoisotopic (exact) mass is 977 g/mol. The van der Waals surface area contributed by atoms with Crippen LogP contribution in [0.3, 0.4) is 0 Å². The van der Waals surface area contributed by atoms with Gasteiger partial charge in [-0.25, -0.2) is 14.5 Å². The first-order valence-electron chi connectivity index (χ1n) is 24.5. The van der Waals surface area contributed by atoms with Crippen LogP contribution in [0.4, 0.5) is 22.9 Å². The minimum Gasteiger partial charge on any atom is -0.389 e. The van der Waals surface area contributed by atoms with Crippen LogP contribution in [0.5, 0.6) is 0 Å². The lowest BCUT2D eigenvalue weighted by Crippen LogP contribution is -2.49. The lowest BCUT2D eigenvalue weighted by atomic mass is 9.75. The Bertz CT molecular complexity index is 3000. The number of carbonyl (C=O) groups is 4. The molecular weight excluding hydrogens is 922 g/mol. The van der Waals surface area contributed by atoms with E-state index in [9.17, 15) is 29.5 Å². The smallest absolute Gasteiger partial charge is 0.249 e. The highest BCUT2D eigenvalue weighted by molar-refractivity contribution is 6.33. The molecule has 0 aliphatic carbocycles. The number of imide groups is 1. The first-order valence-corrected chi connectivity index (χ1v) is 24.8. The molecule has 4 aromatic heterocycles. The number of amides is 4. The zero-order valence-electron chi connectivity index (χ0n) is 39.6. The largest absolute Gasteiger partial charge is 0.389 e. The molecular formula is C52H56ClN13O5. The number of likely N-dealkylation sites (tertiary alicyclic amines) is 1. The van der Waals surface area contributed by atoms with Gasteiger partial charge in [0.25, 0.3) is 0 Å². The van der Waals surface area contributed by atoms with Crippen molar-refractivity contribution in [3.8, 4) is 28.6 Å². The molecule has 8 heterocycles. The molecule has 0 radical (unpaired) electrons. The molecule has 4 aliphatic rings. The summed E-state index contributed by atoms with van der Waals surface area (Å²) < 4.78 is 3.61. The summed E-state index contributed by atoms with van der Waals surface area (Å²) in [6, 6.07) is 20.8. The van der Waals surface area contributed by atoms with Gasteiger partial charge in [0.2, 0.25) is 23.6 Å². The van der Waals surface area contributed by atoms with Gasteiger partial charge in [0.15, 0.2) is 0 Å². The number of hydrogen-bond donors (Lipinski definition) is 4. The molecule has 4 fully saturated rings. The maximum Gasteiger partial charge on any atom is 0.249 e. The van der Waals surface area contributed by atoms with Crippen molar-refractivity contribution < 1.29 is 24.3 Å². The van der Waals surface area contributed by atoms with Crippen molar-refractivity contribution in [1.29, 1.82) is 5.26 Å². The summed E-state index contributed by atoms with van der Waals surface area (Å²) >= 11 is 6.70. The maximum atomic E-state index is 13.6. The van der Waals surface area contributed by atoms with E-state index in [0.29, 0.717) is 117 Å². The van der Waals surface area contributed by atoms with Crippen LogP contribution >= 0.6 is 11.6 Å². The van der Waals surface area contributed by atoms with Crippen molar-refractivity contribution >= 4 is 63.6 Å². The third-order valence-corrected chi connectivity index (χ3v) is 15.3. The Hall–Kier alpha value is -7.36. The highest BCUT2D eigenvalue weighted by Crippen LogP contribution is 2.39. The molecule has 4 saturated heterocycles. The molecule has 71 heavy (non-hydrogen) atoms. The average Bonchev–Trinajstić information content (AvgIpc) is 4.06. The summed E-state index contributed by atoms with van der Waals surface area (Å²) in [6.45, 7) is 5.59. The Kier molecular flexibility index (Phi) is 13.2. The summed E-state index contributed by atoms with van der Waals surface area (Å²) in [5.41, 5.74) is 4.40. The third kappa shape index (κ3) is 9.89. The van der Waals surface area contributed by atoms with Gasteiger partial charge in [0, 0.05) is 80.6 Å². The average molecular weight is 979 g/mol. The van der Waals surface area contributed by atoms with Gasteiger partial charge in [0.05, 0.1) is 64.2 Å². The number of benzene rings is 2. The molecule has 10 rings (SSSR count). The van der Waals surface area contributed by atoms with Gasteiger partial charge in [-0.15, -0.1) is 0 Å². The van der Waals surface area contributed by atoms with Crippen LogP contribution in [0.2, 0.25) is 5.02 Å². The number of nitrogens with zero attached hydrogens (tertiary/aromatic N) is 10. The Balaban J connectivity index is 0.742. The lowest BCUT2D eigenvalue weighted by Gasteiger charge is -2.41. The molecule has 0 saturated carbocycles. The van der Waals surface area contributed by atoms with E-state index in [-0.39, 0.29) is 42.5 Å². The highest BCUT2D eigenvalue weighted by Gasteiger charge is 2.41. The van der Waals surface area contributed by atoms with Gasteiger partial charge in [-0.2, -0.15) is 15.5 Å². The van der Waals surface area contributed by atoms with E-state index in [1.54, 1.807) is 29.2 Å². The van der Waals surface area contributed by atoms with E-state index in [2.05, 4.69) is 43.8 Å². The molecule has 4 aliphatic heterocycles. The van der Waals surface area contributed by atoms with Crippen molar-refractivity contribution in [3.63, 3.8) is 0 Å². The Morgan fingerprint density at radius 2 is 1.63 bits per heavy atom. The van der Waals surface area contributed by atoms with E-state index in [1.165, 1.54) is 6.20 Å². The number of aliphatic hydroxyl groups is 1. The van der Waals surface area contributed by atoms with Crippen molar-refractivity contribution in [3.05, 3.63) is 102 Å². The predicted octanol–water partition coefficient (Wildman–Crippen LogP) is 6.62. The summed E-state index contributed by atoms with van der Waals surface area (Å²) in [6.07, 6.45) is 14.0. The number of para-hydroxylation sites is 1. The van der Waals surface area contributed by atoms with E-state index < -0.39 is 17.1 Å². The van der Waals surface area contributed by atoms with Crippen LogP contribution in [-0.2, 0) is 19.2 Å². The number of halogens is 1. The van der Waals surface area contributed by atoms with Crippen LogP contribution < -0.4 is 25.8 Å². The van der Waals surface area contributed by atoms with Crippen LogP contribution in [0, 0.1) is 16.7 Å². The van der Waals surface area contributed by atoms with Crippen LogP contribution in [0.1, 0.15) is 82.7 Å². The molecule has 4 amide bonds. The van der Waals surface area contributed by atoms with Gasteiger partial charge in [0.1, 0.15) is 29.0 Å². The highest BCUT2D eigenvalue weighted by atomic mass is 35.5. The fourth-order valence-corrected chi connectivity index (χ4v) is 10.8. The van der Waals surface area contributed by atoms with Crippen LogP contribution in [0.25, 0.3) is 28.0 Å². The van der Waals surface area contributed by atoms with Crippen LogP contribution in [-0.4, -0.2) is 114 Å². The Labute approximate surface area is 416 Å². The summed E-state index contributed by atoms with van der Waals surface area (Å²) in [4.78, 5) is 67.0. The first kappa shape index (κ1) is 47.3. The summed E-state index contributed by atoms with van der Waals surface area (Å²) in [5, 5.41) is 40.0. The van der Waals surface area contributed by atoms with Gasteiger partial charge in [-0.3, -0.25) is 29.2 Å². The number of aromatic nitrogens is 6. The predicted molar refractivity (Wildman–Crippen MR) is 269 cm³/mol. The number of hydrogen-bond acceptors (Lipinski definition) is 13. The molecule has 18 nitrogen and oxygen atoms in total. The van der Waals surface area contributed by atoms with E-state index in [0.717, 1.165) is 34.7 Å². The summed E-state index contributed by atoms with van der Waals surface area (Å²) in [7, 11) is 0. The van der Waals surface area contributed by atoms with Crippen molar-refractivity contribution in [2.75, 3.05) is 59.7 Å². The normalized spacial score (nSPS) is 19.3. The molecule has 1 atom stereocenters.